The van der Waals surface area contributed by atoms with Crippen LogP contribution in [0.15, 0.2) is 29.4 Å². The number of ketones is 1. The van der Waals surface area contributed by atoms with E-state index in [9.17, 15) is 13.2 Å². The smallest absolute Gasteiger partial charge is 0.258 e. The van der Waals surface area contributed by atoms with Crippen LogP contribution in [0.1, 0.15) is 13.3 Å². The van der Waals surface area contributed by atoms with Gasteiger partial charge < -0.3 is 0 Å². The summed E-state index contributed by atoms with van der Waals surface area (Å²) in [5.41, 5.74) is 0. The maximum Gasteiger partial charge on any atom is 0.258 e. The molecular formula is C9H12N2O3S. The van der Waals surface area contributed by atoms with E-state index in [2.05, 4.69) is 9.71 Å². The van der Waals surface area contributed by atoms with E-state index in [0.717, 1.165) is 0 Å². The number of pyridine rings is 1. The Morgan fingerprint density at radius 1 is 1.47 bits per heavy atom. The fraction of sp³-hybridized carbons (Fsp3) is 0.333. The lowest BCUT2D eigenvalue weighted by atomic mass is 10.3. The van der Waals surface area contributed by atoms with Crippen molar-refractivity contribution in [3.8, 4) is 0 Å². The van der Waals surface area contributed by atoms with Gasteiger partial charge in [0.15, 0.2) is 5.03 Å². The summed E-state index contributed by atoms with van der Waals surface area (Å²) in [5, 5.41) is -0.0337. The number of rotatable bonds is 5. The monoisotopic (exact) mass is 228 g/mol. The van der Waals surface area contributed by atoms with Crippen molar-refractivity contribution in [3.63, 3.8) is 0 Å². The summed E-state index contributed by atoms with van der Waals surface area (Å²) < 4.78 is 25.4. The van der Waals surface area contributed by atoms with Crippen LogP contribution in [0.5, 0.6) is 0 Å². The van der Waals surface area contributed by atoms with Crippen molar-refractivity contribution >= 4 is 15.8 Å². The van der Waals surface area contributed by atoms with Crippen molar-refractivity contribution in [2.24, 2.45) is 0 Å². The van der Waals surface area contributed by atoms with Gasteiger partial charge in [0, 0.05) is 19.2 Å². The fourth-order valence-corrected chi connectivity index (χ4v) is 1.92. The Kier molecular flexibility index (Phi) is 3.93. The molecule has 0 aliphatic carbocycles. The number of aromatic nitrogens is 1. The molecule has 15 heavy (non-hydrogen) atoms. The topological polar surface area (TPSA) is 76.1 Å². The van der Waals surface area contributed by atoms with E-state index in [1.807, 2.05) is 0 Å². The molecule has 1 aromatic heterocycles. The normalized spacial score (nSPS) is 11.3. The molecule has 0 fully saturated rings. The van der Waals surface area contributed by atoms with Gasteiger partial charge in [0.1, 0.15) is 5.78 Å². The van der Waals surface area contributed by atoms with E-state index in [4.69, 9.17) is 0 Å². The Morgan fingerprint density at radius 2 is 2.20 bits per heavy atom. The lowest BCUT2D eigenvalue weighted by Crippen LogP contribution is -2.26. The molecule has 0 saturated heterocycles. The zero-order chi connectivity index (χ0) is 11.3. The highest BCUT2D eigenvalue weighted by Gasteiger charge is 2.13. The first-order valence-corrected chi connectivity index (χ1v) is 5.91. The largest absolute Gasteiger partial charge is 0.300 e. The Labute approximate surface area is 88.6 Å². The maximum absolute atomic E-state index is 11.5. The summed E-state index contributed by atoms with van der Waals surface area (Å²) in [7, 11) is -3.57. The third-order valence-corrected chi connectivity index (χ3v) is 3.06. The standard InChI is InChI=1S/C9H12N2O3S/c1-8(12)5-7-11-15(13,14)9-4-2-3-6-10-9/h2-4,6,11H,5,7H2,1H3. The van der Waals surface area contributed by atoms with E-state index in [-0.39, 0.29) is 23.8 Å². The predicted molar refractivity (Wildman–Crippen MR) is 54.7 cm³/mol. The minimum absolute atomic E-state index is 0.0337. The van der Waals surface area contributed by atoms with Gasteiger partial charge in [0.25, 0.3) is 10.0 Å². The van der Waals surface area contributed by atoms with E-state index in [0.29, 0.717) is 0 Å². The van der Waals surface area contributed by atoms with Gasteiger partial charge in [-0.2, -0.15) is 0 Å². The molecule has 82 valence electrons. The first-order chi connectivity index (χ1) is 7.02. The summed E-state index contributed by atoms with van der Waals surface area (Å²) in [4.78, 5) is 14.3. The molecule has 5 nitrogen and oxygen atoms in total. The van der Waals surface area contributed by atoms with E-state index in [1.54, 1.807) is 12.1 Å². The SMILES string of the molecule is CC(=O)CCNS(=O)(=O)c1ccccn1. The van der Waals surface area contributed by atoms with Crippen molar-refractivity contribution in [2.75, 3.05) is 6.54 Å². The van der Waals surface area contributed by atoms with Crippen molar-refractivity contribution in [1.29, 1.82) is 0 Å². The molecule has 0 aliphatic heterocycles. The van der Waals surface area contributed by atoms with Crippen LogP contribution in [0.3, 0.4) is 0 Å². The van der Waals surface area contributed by atoms with Gasteiger partial charge in [-0.1, -0.05) is 6.07 Å². The number of Topliss-reactive ketones (excluding diaryl/α,β-unsaturated/α-hetero) is 1. The predicted octanol–water partition coefficient (Wildman–Crippen LogP) is 0.339. The minimum Gasteiger partial charge on any atom is -0.300 e. The van der Waals surface area contributed by atoms with Crippen LogP contribution in [0.2, 0.25) is 0 Å². The molecule has 0 saturated carbocycles. The highest BCUT2D eigenvalue weighted by atomic mass is 32.2. The highest BCUT2D eigenvalue weighted by molar-refractivity contribution is 7.89. The maximum atomic E-state index is 11.5. The Morgan fingerprint density at radius 3 is 2.73 bits per heavy atom. The molecule has 0 aliphatic rings. The van der Waals surface area contributed by atoms with Gasteiger partial charge in [-0.3, -0.25) is 4.79 Å². The molecule has 0 radical (unpaired) electrons. The van der Waals surface area contributed by atoms with Crippen LogP contribution in [-0.2, 0) is 14.8 Å². The highest BCUT2D eigenvalue weighted by Crippen LogP contribution is 2.02. The zero-order valence-corrected chi connectivity index (χ0v) is 9.12. The van der Waals surface area contributed by atoms with Gasteiger partial charge in [-0.15, -0.1) is 0 Å². The second kappa shape index (κ2) is 4.99. The van der Waals surface area contributed by atoms with Crippen LogP contribution in [0.4, 0.5) is 0 Å². The summed E-state index contributed by atoms with van der Waals surface area (Å²) in [6, 6.07) is 4.62. The van der Waals surface area contributed by atoms with Crippen LogP contribution >= 0.6 is 0 Å². The third-order valence-electron chi connectivity index (χ3n) is 1.68. The average molecular weight is 228 g/mol. The van der Waals surface area contributed by atoms with Crippen LogP contribution in [0.25, 0.3) is 0 Å². The van der Waals surface area contributed by atoms with Gasteiger partial charge in [0.2, 0.25) is 0 Å². The van der Waals surface area contributed by atoms with Crippen molar-refractivity contribution < 1.29 is 13.2 Å². The Hall–Kier alpha value is -1.27. The van der Waals surface area contributed by atoms with Crippen LogP contribution in [0, 0.1) is 0 Å². The number of carbonyl (C=O) groups excluding carboxylic acids is 1. The first kappa shape index (κ1) is 11.8. The van der Waals surface area contributed by atoms with Gasteiger partial charge in [0.05, 0.1) is 0 Å². The van der Waals surface area contributed by atoms with E-state index >= 15 is 0 Å². The summed E-state index contributed by atoms with van der Waals surface area (Å²) in [6.07, 6.45) is 1.59. The fourth-order valence-electron chi connectivity index (χ4n) is 0.941. The molecule has 1 rings (SSSR count). The minimum atomic E-state index is -3.57. The molecule has 1 N–H and O–H groups in total. The van der Waals surface area contributed by atoms with Crippen LogP contribution < -0.4 is 4.72 Å². The first-order valence-electron chi connectivity index (χ1n) is 4.42. The van der Waals surface area contributed by atoms with Crippen molar-refractivity contribution in [2.45, 2.75) is 18.4 Å². The molecule has 0 atom stereocenters. The quantitative estimate of drug-likeness (QED) is 0.788. The molecule has 6 heteroatoms. The Bertz CT molecular complexity index is 428. The molecule has 0 spiro atoms. The number of sulfonamides is 1. The molecule has 0 bridgehead atoms. The molecule has 1 heterocycles. The summed E-state index contributed by atoms with van der Waals surface area (Å²) >= 11 is 0. The van der Waals surface area contributed by atoms with Crippen LogP contribution in [-0.4, -0.2) is 25.7 Å². The number of nitrogens with one attached hydrogen (secondary N) is 1. The molecule has 0 aromatic carbocycles. The van der Waals surface area contributed by atoms with Crippen molar-refractivity contribution in [3.05, 3.63) is 24.4 Å². The van der Waals surface area contributed by atoms with Crippen molar-refractivity contribution in [1.82, 2.24) is 9.71 Å². The van der Waals surface area contributed by atoms with Gasteiger partial charge in [-0.25, -0.2) is 18.1 Å². The Balaban J connectivity index is 2.65. The van der Waals surface area contributed by atoms with E-state index in [1.165, 1.54) is 19.2 Å². The summed E-state index contributed by atoms with van der Waals surface area (Å²) in [5.74, 6) is -0.0567. The average Bonchev–Trinajstić information content (AvgIpc) is 2.18. The second-order valence-electron chi connectivity index (χ2n) is 3.02. The number of hydrogen-bond acceptors (Lipinski definition) is 4. The third kappa shape index (κ3) is 3.77. The van der Waals surface area contributed by atoms with Gasteiger partial charge in [-0.05, 0) is 19.1 Å². The molecular weight excluding hydrogens is 216 g/mol. The number of nitrogens with zero attached hydrogens (tertiary/aromatic N) is 1. The molecule has 0 amide bonds. The lowest BCUT2D eigenvalue weighted by Gasteiger charge is -2.03. The summed E-state index contributed by atoms with van der Waals surface area (Å²) in [6.45, 7) is 1.52. The molecule has 1 aromatic rings. The van der Waals surface area contributed by atoms with E-state index < -0.39 is 10.0 Å². The molecule has 0 unspecified atom stereocenters. The second-order valence-corrected chi connectivity index (χ2v) is 4.73. The zero-order valence-electron chi connectivity index (χ0n) is 8.30. The number of carbonyl (C=O) groups is 1. The van der Waals surface area contributed by atoms with Gasteiger partial charge >= 0.3 is 0 Å². The number of hydrogen-bond donors (Lipinski definition) is 1. The lowest BCUT2D eigenvalue weighted by molar-refractivity contribution is -0.116.